The van der Waals surface area contributed by atoms with Crippen molar-refractivity contribution in [1.82, 2.24) is 0 Å². The molecule has 10 aromatic carbocycles. The van der Waals surface area contributed by atoms with E-state index in [2.05, 4.69) is 194 Å². The lowest BCUT2D eigenvalue weighted by Gasteiger charge is -2.28. The van der Waals surface area contributed by atoms with Crippen molar-refractivity contribution in [2.75, 3.05) is 11.5 Å². The zero-order valence-corrected chi connectivity index (χ0v) is 29.6. The molecule has 0 spiro atoms. The first-order valence-electron chi connectivity index (χ1n) is 18.5. The molecule has 0 aliphatic carbocycles. The SMILES string of the molecule is Nc1c2ccccc2c(-c2c3ccccc3c(N)c3c(-c4ccccc4)c(-c4ccccc4)c(-c4ccccc4)c(-c4ccccc4)c23)c2ccccc12. The van der Waals surface area contributed by atoms with Gasteiger partial charge in [0.05, 0.1) is 0 Å². The van der Waals surface area contributed by atoms with E-state index in [4.69, 9.17) is 11.5 Å². The summed E-state index contributed by atoms with van der Waals surface area (Å²) in [6, 6.07) is 69.1. The Morgan fingerprint density at radius 1 is 0.204 bits per heavy atom. The van der Waals surface area contributed by atoms with Crippen molar-refractivity contribution < 1.29 is 0 Å². The topological polar surface area (TPSA) is 52.0 Å². The molecule has 0 unspecified atom stereocenters. The zero-order chi connectivity index (χ0) is 36.2. The molecular formula is C52H36N2. The van der Waals surface area contributed by atoms with Crippen molar-refractivity contribution in [3.05, 3.63) is 194 Å². The third kappa shape index (κ3) is 4.81. The number of hydrogen-bond donors (Lipinski definition) is 2. The molecule has 4 N–H and O–H groups in total. The van der Waals surface area contributed by atoms with Gasteiger partial charge in [0.15, 0.2) is 0 Å². The quantitative estimate of drug-likeness (QED) is 0.140. The highest BCUT2D eigenvalue weighted by Crippen LogP contribution is 2.57. The highest BCUT2D eigenvalue weighted by atomic mass is 14.6. The second-order valence-corrected chi connectivity index (χ2v) is 13.9. The number of benzene rings is 10. The molecule has 0 radical (unpaired) electrons. The van der Waals surface area contributed by atoms with Gasteiger partial charge in [-0.25, -0.2) is 0 Å². The third-order valence-corrected chi connectivity index (χ3v) is 11.0. The standard InChI is InChI=1S/C52H36N2/c53-51-40-30-16-13-27-37(40)47(38-28-14-17-31-41(38)51)48-39-29-15-18-32-42(39)52(54)50-46(36-25-11-4-12-26-36)44(34-21-7-2-8-22-34)43(33-19-5-1-6-20-33)45(49(48)50)35-23-9-3-10-24-35/h1-32H,53-54H2. The maximum Gasteiger partial charge on any atom is 0.0480 e. The molecule has 0 saturated heterocycles. The number of anilines is 2. The third-order valence-electron chi connectivity index (χ3n) is 11.0. The molecule has 10 rings (SSSR count). The van der Waals surface area contributed by atoms with Crippen molar-refractivity contribution in [2.45, 2.75) is 0 Å². The van der Waals surface area contributed by atoms with E-state index in [0.717, 1.165) is 105 Å². The molecule has 0 saturated carbocycles. The monoisotopic (exact) mass is 688 g/mol. The van der Waals surface area contributed by atoms with Crippen LogP contribution in [0.25, 0.3) is 98.7 Å². The van der Waals surface area contributed by atoms with Gasteiger partial charge in [-0.2, -0.15) is 0 Å². The highest BCUT2D eigenvalue weighted by molar-refractivity contribution is 6.35. The lowest BCUT2D eigenvalue weighted by atomic mass is 9.75. The summed E-state index contributed by atoms with van der Waals surface area (Å²) in [6.45, 7) is 0. The Labute approximate surface area is 314 Å². The Kier molecular flexibility index (Phi) is 7.49. The van der Waals surface area contributed by atoms with Gasteiger partial charge in [-0.05, 0) is 66.2 Å². The fourth-order valence-corrected chi connectivity index (χ4v) is 8.74. The first kappa shape index (κ1) is 31.6. The molecule has 2 nitrogen and oxygen atoms in total. The van der Waals surface area contributed by atoms with Crippen molar-refractivity contribution in [2.24, 2.45) is 0 Å². The van der Waals surface area contributed by atoms with Crippen molar-refractivity contribution >= 4 is 54.5 Å². The lowest BCUT2D eigenvalue weighted by molar-refractivity contribution is 1.57. The first-order chi connectivity index (χ1) is 26.7. The minimum absolute atomic E-state index is 0.765. The summed E-state index contributed by atoms with van der Waals surface area (Å²) in [6.07, 6.45) is 0. The molecule has 0 atom stereocenters. The van der Waals surface area contributed by atoms with Gasteiger partial charge in [0.25, 0.3) is 0 Å². The Hall–Kier alpha value is -7.16. The normalized spacial score (nSPS) is 11.5. The Balaban J connectivity index is 1.60. The second-order valence-electron chi connectivity index (χ2n) is 13.9. The largest absolute Gasteiger partial charge is 0.398 e. The average Bonchev–Trinajstić information content (AvgIpc) is 3.25. The van der Waals surface area contributed by atoms with Crippen LogP contribution in [0.4, 0.5) is 11.4 Å². The van der Waals surface area contributed by atoms with E-state index < -0.39 is 0 Å². The van der Waals surface area contributed by atoms with Crippen LogP contribution >= 0.6 is 0 Å². The lowest BCUT2D eigenvalue weighted by Crippen LogP contribution is -2.03. The van der Waals surface area contributed by atoms with Crippen LogP contribution in [0.3, 0.4) is 0 Å². The minimum Gasteiger partial charge on any atom is -0.398 e. The predicted molar refractivity (Wildman–Crippen MR) is 232 cm³/mol. The van der Waals surface area contributed by atoms with Gasteiger partial charge in [0.1, 0.15) is 0 Å². The second kappa shape index (κ2) is 12.8. The summed E-state index contributed by atoms with van der Waals surface area (Å²) in [5.74, 6) is 0. The van der Waals surface area contributed by atoms with Crippen molar-refractivity contribution in [1.29, 1.82) is 0 Å². The van der Waals surface area contributed by atoms with Crippen LogP contribution in [0.15, 0.2) is 194 Å². The van der Waals surface area contributed by atoms with E-state index in [0.29, 0.717) is 0 Å². The van der Waals surface area contributed by atoms with E-state index in [9.17, 15) is 0 Å². The fourth-order valence-electron chi connectivity index (χ4n) is 8.74. The molecule has 254 valence electrons. The highest BCUT2D eigenvalue weighted by Gasteiger charge is 2.30. The van der Waals surface area contributed by atoms with Crippen LogP contribution in [-0.4, -0.2) is 0 Å². The van der Waals surface area contributed by atoms with Crippen LogP contribution in [0.5, 0.6) is 0 Å². The molecule has 54 heavy (non-hydrogen) atoms. The summed E-state index contributed by atoms with van der Waals surface area (Å²) in [5, 5.41) is 8.57. The van der Waals surface area contributed by atoms with Gasteiger partial charge in [-0.1, -0.05) is 194 Å². The number of fused-ring (bicyclic) bond motifs is 4. The fraction of sp³-hybridized carbons (Fsp3) is 0. The van der Waals surface area contributed by atoms with Crippen LogP contribution in [0.2, 0.25) is 0 Å². The molecule has 0 amide bonds. The van der Waals surface area contributed by atoms with Gasteiger partial charge >= 0.3 is 0 Å². The summed E-state index contributed by atoms with van der Waals surface area (Å²) >= 11 is 0. The molecule has 0 aliphatic rings. The van der Waals surface area contributed by atoms with Gasteiger partial charge in [-0.3, -0.25) is 0 Å². The average molecular weight is 689 g/mol. The van der Waals surface area contributed by atoms with Crippen LogP contribution < -0.4 is 11.5 Å². The molecule has 0 aliphatic heterocycles. The Morgan fingerprint density at radius 3 is 0.870 bits per heavy atom. The van der Waals surface area contributed by atoms with Crippen LogP contribution in [0, 0.1) is 0 Å². The maximum atomic E-state index is 7.65. The molecular weight excluding hydrogens is 653 g/mol. The van der Waals surface area contributed by atoms with Gasteiger partial charge < -0.3 is 11.5 Å². The number of nitrogen functional groups attached to an aromatic ring is 2. The Morgan fingerprint density at radius 2 is 0.481 bits per heavy atom. The van der Waals surface area contributed by atoms with Crippen molar-refractivity contribution in [3.63, 3.8) is 0 Å². The van der Waals surface area contributed by atoms with Crippen LogP contribution in [0.1, 0.15) is 0 Å². The molecule has 0 aromatic heterocycles. The zero-order valence-electron chi connectivity index (χ0n) is 29.6. The minimum atomic E-state index is 0.765. The summed E-state index contributed by atoms with van der Waals surface area (Å²) in [7, 11) is 0. The Bertz CT molecular complexity index is 2970. The van der Waals surface area contributed by atoms with Crippen molar-refractivity contribution in [3.8, 4) is 55.6 Å². The molecule has 10 aromatic rings. The van der Waals surface area contributed by atoms with E-state index in [1.807, 2.05) is 0 Å². The van der Waals surface area contributed by atoms with Crippen LogP contribution in [-0.2, 0) is 0 Å². The maximum absolute atomic E-state index is 7.65. The van der Waals surface area contributed by atoms with Gasteiger partial charge in [0, 0.05) is 43.9 Å². The van der Waals surface area contributed by atoms with E-state index in [-0.39, 0.29) is 0 Å². The number of rotatable bonds is 5. The van der Waals surface area contributed by atoms with E-state index in [1.165, 1.54) is 5.56 Å². The molecule has 0 bridgehead atoms. The molecule has 2 heteroatoms. The molecule has 0 heterocycles. The summed E-state index contributed by atoms with van der Waals surface area (Å²) in [4.78, 5) is 0. The molecule has 0 fully saturated rings. The smallest absolute Gasteiger partial charge is 0.0480 e. The summed E-state index contributed by atoms with van der Waals surface area (Å²) in [5.41, 5.74) is 27.6. The van der Waals surface area contributed by atoms with Gasteiger partial charge in [-0.15, -0.1) is 0 Å². The number of nitrogens with two attached hydrogens (primary N) is 2. The summed E-state index contributed by atoms with van der Waals surface area (Å²) < 4.78 is 0. The predicted octanol–water partition coefficient (Wildman–Crippen LogP) is 13.8. The van der Waals surface area contributed by atoms with E-state index in [1.54, 1.807) is 0 Å². The van der Waals surface area contributed by atoms with E-state index >= 15 is 0 Å². The number of hydrogen-bond acceptors (Lipinski definition) is 2. The van der Waals surface area contributed by atoms with Gasteiger partial charge in [0.2, 0.25) is 0 Å². The first-order valence-corrected chi connectivity index (χ1v) is 18.5.